The van der Waals surface area contributed by atoms with E-state index in [2.05, 4.69) is 13.0 Å². The van der Waals surface area contributed by atoms with Crippen LogP contribution in [0.4, 0.5) is 0 Å². The average Bonchev–Trinajstić information content (AvgIpc) is 2.46. The van der Waals surface area contributed by atoms with Crippen molar-refractivity contribution < 1.29 is 4.79 Å². The van der Waals surface area contributed by atoms with E-state index < -0.39 is 0 Å². The quantitative estimate of drug-likeness (QED) is 0.547. The van der Waals surface area contributed by atoms with Gasteiger partial charge in [-0.15, -0.1) is 0 Å². The fraction of sp³-hybridized carbons (Fsp3) is 0.667. The second-order valence-electron chi connectivity index (χ2n) is 3.21. The lowest BCUT2D eigenvalue weighted by Crippen LogP contribution is -1.97. The number of carbonyl (C=O) groups is 1. The van der Waals surface area contributed by atoms with E-state index in [0.29, 0.717) is 18.1 Å². The van der Waals surface area contributed by atoms with Crippen molar-refractivity contribution in [3.63, 3.8) is 0 Å². The summed E-state index contributed by atoms with van der Waals surface area (Å²) in [6.07, 6.45) is 5.48. The molecule has 1 atom stereocenters. The van der Waals surface area contributed by atoms with Crippen molar-refractivity contribution in [1.82, 2.24) is 0 Å². The van der Waals surface area contributed by atoms with Crippen LogP contribution in [0.2, 0.25) is 0 Å². The monoisotopic (exact) mass is 138 g/mol. The molecule has 1 aliphatic rings. The summed E-state index contributed by atoms with van der Waals surface area (Å²) in [7, 11) is 0. The van der Waals surface area contributed by atoms with E-state index in [0.717, 1.165) is 0 Å². The van der Waals surface area contributed by atoms with Crippen LogP contribution in [0, 0.1) is 5.92 Å². The Morgan fingerprint density at radius 3 is 2.70 bits per heavy atom. The van der Waals surface area contributed by atoms with Crippen molar-refractivity contribution >= 4 is 5.78 Å². The Balaban J connectivity index is 2.27. The van der Waals surface area contributed by atoms with Gasteiger partial charge < -0.3 is 4.79 Å². The van der Waals surface area contributed by atoms with Gasteiger partial charge in [0.1, 0.15) is 5.78 Å². The van der Waals surface area contributed by atoms with Crippen molar-refractivity contribution in [3.05, 3.63) is 11.6 Å². The van der Waals surface area contributed by atoms with Gasteiger partial charge in [0.25, 0.3) is 0 Å². The third-order valence-corrected chi connectivity index (χ3v) is 1.67. The van der Waals surface area contributed by atoms with Gasteiger partial charge in [-0.3, -0.25) is 0 Å². The molecule has 0 N–H and O–H groups in total. The Kier molecular flexibility index (Phi) is 2.25. The van der Waals surface area contributed by atoms with Crippen LogP contribution in [0.25, 0.3) is 0 Å². The SMILES string of the molecule is CC(=O)CC(C)C=C1CC1. The molecular weight excluding hydrogens is 124 g/mol. The van der Waals surface area contributed by atoms with E-state index >= 15 is 0 Å². The molecule has 0 aromatic carbocycles. The van der Waals surface area contributed by atoms with Gasteiger partial charge in [0, 0.05) is 6.42 Å². The molecule has 1 rings (SSSR count). The molecule has 0 radical (unpaired) electrons. The Hall–Kier alpha value is -0.590. The summed E-state index contributed by atoms with van der Waals surface area (Å²) in [5.41, 5.74) is 1.54. The summed E-state index contributed by atoms with van der Waals surface area (Å²) in [4.78, 5) is 10.6. The molecule has 1 fully saturated rings. The molecule has 0 aromatic rings. The van der Waals surface area contributed by atoms with Gasteiger partial charge in [-0.05, 0) is 25.7 Å². The van der Waals surface area contributed by atoms with Crippen LogP contribution >= 0.6 is 0 Å². The standard InChI is InChI=1S/C9H14O/c1-7(5-8(2)10)6-9-3-4-9/h6-7H,3-5H2,1-2H3. The van der Waals surface area contributed by atoms with Crippen molar-refractivity contribution in [2.75, 3.05) is 0 Å². The summed E-state index contributed by atoms with van der Waals surface area (Å²) >= 11 is 0. The van der Waals surface area contributed by atoms with Crippen molar-refractivity contribution in [1.29, 1.82) is 0 Å². The van der Waals surface area contributed by atoms with Gasteiger partial charge in [-0.25, -0.2) is 0 Å². The highest BCUT2D eigenvalue weighted by atomic mass is 16.1. The van der Waals surface area contributed by atoms with Gasteiger partial charge >= 0.3 is 0 Å². The third kappa shape index (κ3) is 2.81. The minimum Gasteiger partial charge on any atom is -0.300 e. The summed E-state index contributed by atoms with van der Waals surface area (Å²) in [5.74, 6) is 0.764. The van der Waals surface area contributed by atoms with Gasteiger partial charge in [-0.2, -0.15) is 0 Å². The normalized spacial score (nSPS) is 18.4. The van der Waals surface area contributed by atoms with Crippen molar-refractivity contribution in [2.45, 2.75) is 33.1 Å². The molecule has 1 heteroatoms. The molecule has 1 aliphatic carbocycles. The first-order valence-corrected chi connectivity index (χ1v) is 3.87. The molecule has 1 nitrogen and oxygen atoms in total. The summed E-state index contributed by atoms with van der Waals surface area (Å²) < 4.78 is 0. The first-order chi connectivity index (χ1) is 4.68. The predicted molar refractivity (Wildman–Crippen MR) is 41.8 cm³/mol. The van der Waals surface area contributed by atoms with E-state index in [-0.39, 0.29) is 0 Å². The summed E-state index contributed by atoms with van der Waals surface area (Å²) in [6.45, 7) is 3.76. The minimum absolute atomic E-state index is 0.296. The Bertz CT molecular complexity index is 162. The van der Waals surface area contributed by atoms with Gasteiger partial charge in [0.05, 0.1) is 0 Å². The number of rotatable bonds is 3. The smallest absolute Gasteiger partial charge is 0.130 e. The zero-order chi connectivity index (χ0) is 7.56. The third-order valence-electron chi connectivity index (χ3n) is 1.67. The number of Topliss-reactive ketones (excluding diaryl/α,β-unsaturated/α-hetero) is 1. The maximum atomic E-state index is 10.6. The first-order valence-electron chi connectivity index (χ1n) is 3.87. The van der Waals surface area contributed by atoms with Crippen molar-refractivity contribution in [3.8, 4) is 0 Å². The van der Waals surface area contributed by atoms with E-state index in [9.17, 15) is 4.79 Å². The molecule has 0 amide bonds. The number of hydrogen-bond acceptors (Lipinski definition) is 1. The fourth-order valence-corrected chi connectivity index (χ4v) is 1.15. The molecule has 0 aromatic heterocycles. The number of carbonyl (C=O) groups excluding carboxylic acids is 1. The molecule has 56 valence electrons. The molecular formula is C9H14O. The lowest BCUT2D eigenvalue weighted by molar-refractivity contribution is -0.117. The topological polar surface area (TPSA) is 17.1 Å². The van der Waals surface area contributed by atoms with Crippen LogP contribution in [0.1, 0.15) is 33.1 Å². The molecule has 0 heterocycles. The molecule has 0 spiro atoms. The summed E-state index contributed by atoms with van der Waals surface area (Å²) in [5, 5.41) is 0. The Morgan fingerprint density at radius 2 is 2.30 bits per heavy atom. The number of allylic oxidation sites excluding steroid dienone is 2. The zero-order valence-electron chi connectivity index (χ0n) is 6.68. The second kappa shape index (κ2) is 3.00. The predicted octanol–water partition coefficient (Wildman–Crippen LogP) is 2.32. The van der Waals surface area contributed by atoms with Crippen LogP contribution in [0.15, 0.2) is 11.6 Å². The average molecular weight is 138 g/mol. The first kappa shape index (κ1) is 7.52. The maximum absolute atomic E-state index is 10.6. The molecule has 1 saturated carbocycles. The number of hydrogen-bond donors (Lipinski definition) is 0. The molecule has 10 heavy (non-hydrogen) atoms. The molecule has 1 unspecified atom stereocenters. The fourth-order valence-electron chi connectivity index (χ4n) is 1.15. The van der Waals surface area contributed by atoms with Gasteiger partial charge in [0.15, 0.2) is 0 Å². The lowest BCUT2D eigenvalue weighted by Gasteiger charge is -1.99. The second-order valence-corrected chi connectivity index (χ2v) is 3.21. The Morgan fingerprint density at radius 1 is 1.70 bits per heavy atom. The van der Waals surface area contributed by atoms with Crippen LogP contribution in [0.3, 0.4) is 0 Å². The van der Waals surface area contributed by atoms with Gasteiger partial charge in [0.2, 0.25) is 0 Å². The maximum Gasteiger partial charge on any atom is 0.130 e. The van der Waals surface area contributed by atoms with Gasteiger partial charge in [-0.1, -0.05) is 18.6 Å². The van der Waals surface area contributed by atoms with E-state index in [1.165, 1.54) is 18.4 Å². The zero-order valence-corrected chi connectivity index (χ0v) is 6.68. The highest BCUT2D eigenvalue weighted by Gasteiger charge is 2.12. The highest BCUT2D eigenvalue weighted by molar-refractivity contribution is 5.75. The van der Waals surface area contributed by atoms with Crippen LogP contribution in [-0.4, -0.2) is 5.78 Å². The summed E-state index contributed by atoms with van der Waals surface area (Å²) in [6, 6.07) is 0. The largest absolute Gasteiger partial charge is 0.300 e. The number of ketones is 1. The van der Waals surface area contributed by atoms with E-state index in [1.54, 1.807) is 6.92 Å². The highest BCUT2D eigenvalue weighted by Crippen LogP contribution is 2.29. The lowest BCUT2D eigenvalue weighted by atomic mass is 10.1. The molecule has 0 bridgehead atoms. The van der Waals surface area contributed by atoms with Crippen LogP contribution in [0.5, 0.6) is 0 Å². The van der Waals surface area contributed by atoms with Crippen LogP contribution in [-0.2, 0) is 4.79 Å². The van der Waals surface area contributed by atoms with E-state index in [4.69, 9.17) is 0 Å². The van der Waals surface area contributed by atoms with Crippen molar-refractivity contribution in [2.24, 2.45) is 5.92 Å². The van der Waals surface area contributed by atoms with E-state index in [1.807, 2.05) is 0 Å². The Labute approximate surface area is 62.1 Å². The van der Waals surface area contributed by atoms with Crippen LogP contribution < -0.4 is 0 Å². The molecule has 0 aliphatic heterocycles. The minimum atomic E-state index is 0.296. The molecule has 0 saturated heterocycles.